The topological polar surface area (TPSA) is 27.7 Å². The Kier molecular flexibility index (Phi) is 9.11. The van der Waals surface area contributed by atoms with Crippen molar-refractivity contribution in [3.05, 3.63) is 59.7 Å². The van der Waals surface area contributed by atoms with Crippen LogP contribution in [-0.4, -0.2) is 45.1 Å². The number of alkyl halides is 6. The average molecular weight is 532 g/mol. The number of hydrogen-bond donors (Lipinski definition) is 0. The standard InChI is InChI=1S/C26H33BF6NO3/c1-34(2,3)19-24(15-7-5-4-6-8-16-24)37-27(35-22-13-9-11-20(17-22)25(28,29)30)36-23-14-10-12-21(18-23)26(31,32)33/h9-14,17-18H,4-8,15-16,19H2,1-3H3/q+1. The van der Waals surface area contributed by atoms with E-state index in [-0.39, 0.29) is 11.5 Å². The van der Waals surface area contributed by atoms with Gasteiger partial charge >= 0.3 is 19.7 Å². The maximum atomic E-state index is 13.3. The molecule has 2 aromatic rings. The van der Waals surface area contributed by atoms with Crippen LogP contribution in [0.25, 0.3) is 0 Å². The van der Waals surface area contributed by atoms with Gasteiger partial charge in [-0.1, -0.05) is 44.2 Å². The number of halogens is 6. The zero-order valence-corrected chi connectivity index (χ0v) is 21.3. The summed E-state index contributed by atoms with van der Waals surface area (Å²) in [7, 11) is 4.43. The van der Waals surface area contributed by atoms with Crippen LogP contribution >= 0.6 is 0 Å². The first-order valence-corrected chi connectivity index (χ1v) is 12.3. The van der Waals surface area contributed by atoms with E-state index in [1.54, 1.807) is 0 Å². The monoisotopic (exact) mass is 532 g/mol. The molecule has 0 N–H and O–H groups in total. The van der Waals surface area contributed by atoms with E-state index in [4.69, 9.17) is 14.0 Å². The van der Waals surface area contributed by atoms with Crippen molar-refractivity contribution in [1.29, 1.82) is 0 Å². The maximum absolute atomic E-state index is 13.3. The van der Waals surface area contributed by atoms with E-state index in [0.717, 1.165) is 56.4 Å². The van der Waals surface area contributed by atoms with E-state index in [9.17, 15) is 26.3 Å². The molecule has 1 aliphatic carbocycles. The van der Waals surface area contributed by atoms with Gasteiger partial charge in [-0.05, 0) is 49.2 Å². The van der Waals surface area contributed by atoms with Crippen LogP contribution in [0.2, 0.25) is 0 Å². The molecule has 1 fully saturated rings. The van der Waals surface area contributed by atoms with Crippen molar-refractivity contribution in [2.45, 2.75) is 62.9 Å². The summed E-state index contributed by atoms with van der Waals surface area (Å²) in [5.74, 6) is -0.337. The SMILES string of the molecule is C[N+](C)(C)CC1(OB(Oc2cccc(C(F)(F)F)c2)Oc2cccc(C(F)(F)F)c2)CCCCCCC1. The third kappa shape index (κ3) is 9.14. The second-order valence-electron chi connectivity index (χ2n) is 10.6. The molecule has 37 heavy (non-hydrogen) atoms. The number of nitrogens with zero attached hydrogens (tertiary/aromatic N) is 1. The summed E-state index contributed by atoms with van der Waals surface area (Å²) in [5.41, 5.74) is -2.59. The molecule has 4 nitrogen and oxygen atoms in total. The second kappa shape index (κ2) is 11.6. The van der Waals surface area contributed by atoms with Gasteiger partial charge in [0, 0.05) is 0 Å². The van der Waals surface area contributed by atoms with Crippen molar-refractivity contribution < 1.29 is 44.8 Å². The largest absolute Gasteiger partial charge is 0.788 e. The lowest BCUT2D eigenvalue weighted by molar-refractivity contribution is -0.877. The average Bonchev–Trinajstić information content (AvgIpc) is 2.75. The smallest absolute Gasteiger partial charge is 0.501 e. The summed E-state index contributed by atoms with van der Waals surface area (Å²) in [6.45, 7) is 0.557. The lowest BCUT2D eigenvalue weighted by atomic mass is 9.84. The Labute approximate surface area is 214 Å². The molecule has 3 rings (SSSR count). The van der Waals surface area contributed by atoms with Gasteiger partial charge in [-0.3, -0.25) is 0 Å². The highest BCUT2D eigenvalue weighted by atomic mass is 19.4. The predicted molar refractivity (Wildman–Crippen MR) is 129 cm³/mol. The molecular formula is C26H33BF6NO3+. The number of quaternary nitrogens is 1. The first-order valence-electron chi connectivity index (χ1n) is 12.3. The molecule has 1 aliphatic rings. The molecule has 0 atom stereocenters. The fraction of sp³-hybridized carbons (Fsp3) is 0.538. The van der Waals surface area contributed by atoms with E-state index in [1.807, 2.05) is 21.1 Å². The summed E-state index contributed by atoms with van der Waals surface area (Å²) in [6.07, 6.45) is -2.99. The molecule has 0 aliphatic heterocycles. The molecule has 2 aromatic carbocycles. The third-order valence-electron chi connectivity index (χ3n) is 6.16. The maximum Gasteiger partial charge on any atom is 0.788 e. The Morgan fingerprint density at radius 3 is 1.57 bits per heavy atom. The zero-order chi connectivity index (χ0) is 27.3. The number of likely N-dealkylation sites (N-methyl/N-ethyl adjacent to an activating group) is 1. The van der Waals surface area contributed by atoms with Gasteiger partial charge in [-0.25, -0.2) is 0 Å². The highest BCUT2D eigenvalue weighted by Gasteiger charge is 2.45. The predicted octanol–water partition coefficient (Wildman–Crippen LogP) is 7.37. The molecule has 0 amide bonds. The number of benzene rings is 2. The van der Waals surface area contributed by atoms with Crippen LogP contribution in [0.15, 0.2) is 48.5 Å². The minimum atomic E-state index is -4.60. The Morgan fingerprint density at radius 1 is 0.730 bits per heavy atom. The molecule has 0 saturated heterocycles. The molecule has 0 bridgehead atoms. The third-order valence-corrected chi connectivity index (χ3v) is 6.16. The van der Waals surface area contributed by atoms with Gasteiger partial charge in [0.15, 0.2) is 0 Å². The Bertz CT molecular complexity index is 955. The first kappa shape index (κ1) is 29.2. The van der Waals surface area contributed by atoms with Gasteiger partial charge < -0.3 is 18.4 Å². The van der Waals surface area contributed by atoms with Gasteiger partial charge in [-0.2, -0.15) is 26.3 Å². The molecule has 0 radical (unpaired) electrons. The van der Waals surface area contributed by atoms with Crippen molar-refractivity contribution in [3.63, 3.8) is 0 Å². The van der Waals surface area contributed by atoms with Crippen molar-refractivity contribution in [3.8, 4) is 11.5 Å². The Morgan fingerprint density at radius 2 is 1.16 bits per heavy atom. The van der Waals surface area contributed by atoms with E-state index in [2.05, 4.69) is 0 Å². The summed E-state index contributed by atoms with van der Waals surface area (Å²) < 4.78 is 98.2. The van der Waals surface area contributed by atoms with E-state index in [1.165, 1.54) is 24.3 Å². The van der Waals surface area contributed by atoms with Crippen molar-refractivity contribution in [2.24, 2.45) is 0 Å². The summed E-state index contributed by atoms with van der Waals surface area (Å²) in [4.78, 5) is 0. The molecule has 204 valence electrons. The molecule has 0 spiro atoms. The van der Waals surface area contributed by atoms with Crippen molar-refractivity contribution in [2.75, 3.05) is 27.7 Å². The van der Waals surface area contributed by atoms with Crippen molar-refractivity contribution in [1.82, 2.24) is 0 Å². The molecule has 0 aromatic heterocycles. The van der Waals surface area contributed by atoms with Gasteiger partial charge in [0.1, 0.15) is 23.6 Å². The summed E-state index contributed by atoms with van der Waals surface area (Å²) in [6, 6.07) is 8.48. The lowest BCUT2D eigenvalue weighted by Gasteiger charge is -2.41. The van der Waals surface area contributed by atoms with Gasteiger partial charge in [0.05, 0.1) is 32.3 Å². The highest BCUT2D eigenvalue weighted by Crippen LogP contribution is 2.36. The van der Waals surface area contributed by atoms with Gasteiger partial charge in [0.2, 0.25) is 0 Å². The Hall–Kier alpha value is -2.40. The van der Waals surface area contributed by atoms with E-state index in [0.29, 0.717) is 23.9 Å². The molecule has 0 heterocycles. The summed E-state index contributed by atoms with van der Waals surface area (Å²) in [5, 5.41) is 0. The Balaban J connectivity index is 1.96. The van der Waals surface area contributed by atoms with Crippen LogP contribution in [0.5, 0.6) is 11.5 Å². The lowest BCUT2D eigenvalue weighted by Crippen LogP contribution is -2.55. The number of rotatable bonds is 8. The second-order valence-corrected chi connectivity index (χ2v) is 10.6. The zero-order valence-electron chi connectivity index (χ0n) is 21.3. The molecule has 0 unspecified atom stereocenters. The van der Waals surface area contributed by atoms with E-state index < -0.39 is 36.4 Å². The fourth-order valence-corrected chi connectivity index (χ4v) is 4.72. The number of hydrogen-bond acceptors (Lipinski definition) is 3. The molecule has 11 heteroatoms. The van der Waals surface area contributed by atoms with Crippen LogP contribution in [-0.2, 0) is 17.0 Å². The summed E-state index contributed by atoms with van der Waals surface area (Å²) >= 11 is 0. The van der Waals surface area contributed by atoms with Crippen LogP contribution in [0.3, 0.4) is 0 Å². The van der Waals surface area contributed by atoms with Crippen LogP contribution in [0.1, 0.15) is 56.1 Å². The van der Waals surface area contributed by atoms with Crippen LogP contribution < -0.4 is 9.31 Å². The van der Waals surface area contributed by atoms with Crippen molar-refractivity contribution >= 4 is 7.32 Å². The van der Waals surface area contributed by atoms with Crippen LogP contribution in [0, 0.1) is 0 Å². The van der Waals surface area contributed by atoms with Gasteiger partial charge in [-0.15, -0.1) is 0 Å². The molecule has 1 saturated carbocycles. The molecular weight excluding hydrogens is 499 g/mol. The quantitative estimate of drug-likeness (QED) is 0.202. The first-order chi connectivity index (χ1) is 17.2. The van der Waals surface area contributed by atoms with E-state index >= 15 is 0 Å². The highest BCUT2D eigenvalue weighted by molar-refractivity contribution is 6.38. The van der Waals surface area contributed by atoms with Crippen LogP contribution in [0.4, 0.5) is 26.3 Å². The normalized spacial score (nSPS) is 17.0. The van der Waals surface area contributed by atoms with Gasteiger partial charge in [0.25, 0.3) is 0 Å². The fourth-order valence-electron chi connectivity index (χ4n) is 4.72. The minimum absolute atomic E-state index is 0.168. The minimum Gasteiger partial charge on any atom is -0.501 e.